The number of hydrogen-bond donors (Lipinski definition) is 3. The zero-order chi connectivity index (χ0) is 12.5. The number of aliphatic hydroxyl groups is 1. The van der Waals surface area contributed by atoms with Gasteiger partial charge >= 0.3 is 0 Å². The minimum Gasteiger partial charge on any atom is -0.385 e. The van der Waals surface area contributed by atoms with Crippen LogP contribution in [0.3, 0.4) is 0 Å². The van der Waals surface area contributed by atoms with Crippen molar-refractivity contribution in [1.82, 2.24) is 10.2 Å². The monoisotopic (exact) mass is 299 g/mol. The number of aromatic amines is 1. The third kappa shape index (κ3) is 1.78. The Labute approximate surface area is 121 Å². The molecule has 1 aromatic carbocycles. The van der Waals surface area contributed by atoms with E-state index in [4.69, 9.17) is 17.3 Å². The van der Waals surface area contributed by atoms with E-state index < -0.39 is 5.60 Å². The number of nitrogens with one attached hydrogen (secondary N) is 1. The molecule has 2 saturated carbocycles. The smallest absolute Gasteiger partial charge is 0.0910 e. The summed E-state index contributed by atoms with van der Waals surface area (Å²) in [5.74, 6) is 0.937. The number of halogens is 2. The molecule has 2 aromatic rings. The molecular formula is C13H15Cl2N3O. The molecule has 0 unspecified atom stereocenters. The van der Waals surface area contributed by atoms with Crippen molar-refractivity contribution in [3.05, 3.63) is 28.9 Å². The van der Waals surface area contributed by atoms with Crippen LogP contribution in [0.15, 0.2) is 18.3 Å². The Balaban J connectivity index is 0.00000110. The topological polar surface area (TPSA) is 74.9 Å². The molecule has 0 saturated heterocycles. The lowest BCUT2D eigenvalue weighted by atomic mass is 9.86. The van der Waals surface area contributed by atoms with E-state index in [1.165, 1.54) is 0 Å². The van der Waals surface area contributed by atoms with Crippen LogP contribution in [-0.2, 0) is 5.60 Å². The van der Waals surface area contributed by atoms with Crippen LogP contribution in [-0.4, -0.2) is 21.3 Å². The van der Waals surface area contributed by atoms with Crippen molar-refractivity contribution in [2.24, 2.45) is 17.6 Å². The van der Waals surface area contributed by atoms with E-state index in [1.54, 1.807) is 6.20 Å². The van der Waals surface area contributed by atoms with Gasteiger partial charge in [-0.3, -0.25) is 5.10 Å². The van der Waals surface area contributed by atoms with Crippen LogP contribution in [0.4, 0.5) is 0 Å². The van der Waals surface area contributed by atoms with Crippen molar-refractivity contribution in [3.63, 3.8) is 0 Å². The van der Waals surface area contributed by atoms with E-state index in [-0.39, 0.29) is 18.4 Å². The molecule has 0 bridgehead atoms. The van der Waals surface area contributed by atoms with E-state index in [9.17, 15) is 5.11 Å². The van der Waals surface area contributed by atoms with Crippen molar-refractivity contribution in [2.75, 3.05) is 0 Å². The van der Waals surface area contributed by atoms with Crippen LogP contribution in [0.1, 0.15) is 18.4 Å². The summed E-state index contributed by atoms with van der Waals surface area (Å²) in [6.45, 7) is 0. The number of rotatable bonds is 1. The minimum atomic E-state index is -0.793. The third-order valence-corrected chi connectivity index (χ3v) is 4.79. The fourth-order valence-corrected chi connectivity index (χ4v) is 3.75. The van der Waals surface area contributed by atoms with Gasteiger partial charge in [0.05, 0.1) is 17.3 Å². The van der Waals surface area contributed by atoms with E-state index in [0.717, 1.165) is 29.3 Å². The molecule has 4 N–H and O–H groups in total. The maximum absolute atomic E-state index is 10.9. The summed E-state index contributed by atoms with van der Waals surface area (Å²) >= 11 is 6.11. The second-order valence-corrected chi connectivity index (χ2v) is 6.07. The molecule has 4 nitrogen and oxygen atoms in total. The summed E-state index contributed by atoms with van der Waals surface area (Å²) in [5.41, 5.74) is 6.90. The zero-order valence-corrected chi connectivity index (χ0v) is 11.7. The second-order valence-electron chi connectivity index (χ2n) is 5.63. The van der Waals surface area contributed by atoms with Gasteiger partial charge in [-0.2, -0.15) is 5.10 Å². The Kier molecular flexibility index (Phi) is 2.84. The number of nitrogens with zero attached hydrogens (tertiary/aromatic N) is 1. The average Bonchev–Trinajstić information content (AvgIpc) is 2.77. The molecule has 2 aliphatic carbocycles. The van der Waals surface area contributed by atoms with Gasteiger partial charge < -0.3 is 10.8 Å². The zero-order valence-electron chi connectivity index (χ0n) is 10.1. The van der Waals surface area contributed by atoms with Gasteiger partial charge in [-0.15, -0.1) is 12.4 Å². The van der Waals surface area contributed by atoms with E-state index in [1.807, 2.05) is 12.1 Å². The van der Waals surface area contributed by atoms with Gasteiger partial charge in [0.2, 0.25) is 0 Å². The van der Waals surface area contributed by atoms with Crippen molar-refractivity contribution in [2.45, 2.75) is 24.5 Å². The van der Waals surface area contributed by atoms with Crippen LogP contribution in [0, 0.1) is 11.8 Å². The quantitative estimate of drug-likeness (QED) is 0.755. The molecule has 0 spiro atoms. The number of fused-ring (bicyclic) bond motifs is 2. The Morgan fingerprint density at radius 2 is 2.05 bits per heavy atom. The van der Waals surface area contributed by atoms with Crippen molar-refractivity contribution in [3.8, 4) is 0 Å². The molecule has 0 radical (unpaired) electrons. The van der Waals surface area contributed by atoms with Gasteiger partial charge in [-0.1, -0.05) is 11.6 Å². The highest BCUT2D eigenvalue weighted by atomic mass is 35.5. The van der Waals surface area contributed by atoms with Gasteiger partial charge in [0, 0.05) is 16.5 Å². The third-order valence-electron chi connectivity index (χ3n) is 4.57. The predicted octanol–water partition coefficient (Wildman–Crippen LogP) is 2.19. The fourth-order valence-electron chi connectivity index (χ4n) is 3.53. The summed E-state index contributed by atoms with van der Waals surface area (Å²) in [7, 11) is 0. The highest BCUT2D eigenvalue weighted by Crippen LogP contribution is 2.59. The lowest BCUT2D eigenvalue weighted by molar-refractivity contribution is 0.0309. The Morgan fingerprint density at radius 3 is 2.74 bits per heavy atom. The minimum absolute atomic E-state index is 0. The molecule has 6 heteroatoms. The van der Waals surface area contributed by atoms with Crippen LogP contribution >= 0.6 is 24.0 Å². The first-order valence-corrected chi connectivity index (χ1v) is 6.57. The number of H-pyrrole nitrogens is 1. The van der Waals surface area contributed by atoms with E-state index in [2.05, 4.69) is 10.2 Å². The summed E-state index contributed by atoms with van der Waals surface area (Å²) in [4.78, 5) is 0. The summed E-state index contributed by atoms with van der Waals surface area (Å²) in [6.07, 6.45) is 3.22. The first-order chi connectivity index (χ1) is 8.58. The first-order valence-electron chi connectivity index (χ1n) is 6.19. The summed E-state index contributed by atoms with van der Waals surface area (Å²) in [5, 5.41) is 19.4. The maximum Gasteiger partial charge on any atom is 0.0910 e. The number of hydrogen-bond acceptors (Lipinski definition) is 3. The predicted molar refractivity (Wildman–Crippen MR) is 76.4 cm³/mol. The van der Waals surface area contributed by atoms with Crippen LogP contribution in [0.25, 0.3) is 10.9 Å². The van der Waals surface area contributed by atoms with Crippen LogP contribution < -0.4 is 5.73 Å². The number of benzene rings is 1. The van der Waals surface area contributed by atoms with Gasteiger partial charge in [-0.25, -0.2) is 0 Å². The molecular weight excluding hydrogens is 285 g/mol. The largest absolute Gasteiger partial charge is 0.385 e. The van der Waals surface area contributed by atoms with Gasteiger partial charge in [0.1, 0.15) is 0 Å². The molecule has 4 atom stereocenters. The van der Waals surface area contributed by atoms with Crippen molar-refractivity contribution in [1.29, 1.82) is 0 Å². The van der Waals surface area contributed by atoms with E-state index in [0.29, 0.717) is 16.9 Å². The molecule has 4 rings (SSSR count). The van der Waals surface area contributed by atoms with Gasteiger partial charge in [-0.05, 0) is 42.4 Å². The molecule has 0 aliphatic heterocycles. The standard InChI is InChI=1S/C13H14ClN3O.ClH/c14-6-1-10(9-5-16-17-11(9)2-6)13(18)3-7-8(4-13)12(7)15;/h1-2,5,7-8,12,18H,3-4,15H2,(H,16,17);1H/t7-,8+,12+,13-;. The Bertz CT molecular complexity index is 630. The highest BCUT2D eigenvalue weighted by Gasteiger charge is 2.60. The van der Waals surface area contributed by atoms with E-state index >= 15 is 0 Å². The van der Waals surface area contributed by atoms with Crippen LogP contribution in [0.5, 0.6) is 0 Å². The average molecular weight is 300 g/mol. The van der Waals surface area contributed by atoms with Crippen molar-refractivity contribution < 1.29 is 5.11 Å². The van der Waals surface area contributed by atoms with Crippen molar-refractivity contribution >= 4 is 34.9 Å². The SMILES string of the molecule is Cl.N[C@@H]1[C@H]2C[C@@](O)(c3cc(Cl)cc4[nH]ncc34)C[C@@H]12. The first kappa shape index (κ1) is 13.2. The lowest BCUT2D eigenvalue weighted by Gasteiger charge is -2.26. The highest BCUT2D eigenvalue weighted by molar-refractivity contribution is 6.31. The summed E-state index contributed by atoms with van der Waals surface area (Å²) < 4.78 is 0. The molecule has 0 amide bonds. The summed E-state index contributed by atoms with van der Waals surface area (Å²) in [6, 6.07) is 3.97. The second kappa shape index (κ2) is 4.09. The maximum atomic E-state index is 10.9. The fraction of sp³-hybridized carbons (Fsp3) is 0.462. The molecule has 1 heterocycles. The Morgan fingerprint density at radius 1 is 1.37 bits per heavy atom. The molecule has 2 aliphatic rings. The number of nitrogens with two attached hydrogens (primary N) is 1. The van der Waals surface area contributed by atoms with Crippen LogP contribution in [0.2, 0.25) is 5.02 Å². The lowest BCUT2D eigenvalue weighted by Crippen LogP contribution is -2.27. The number of aromatic nitrogens is 2. The molecule has 19 heavy (non-hydrogen) atoms. The molecule has 1 aromatic heterocycles. The van der Waals surface area contributed by atoms with Gasteiger partial charge in [0.15, 0.2) is 0 Å². The van der Waals surface area contributed by atoms with Gasteiger partial charge in [0.25, 0.3) is 0 Å². The molecule has 102 valence electrons. The normalized spacial score (nSPS) is 36.1. The Hall–Kier alpha value is -0.810. The molecule has 2 fully saturated rings.